The molecule has 1 aliphatic carbocycles. The Labute approximate surface area is 266 Å². The van der Waals surface area contributed by atoms with Gasteiger partial charge in [-0.2, -0.15) is 0 Å². The van der Waals surface area contributed by atoms with Crippen LogP contribution in [0.2, 0.25) is 20.1 Å². The van der Waals surface area contributed by atoms with Crippen LogP contribution in [0, 0.1) is 0 Å². The van der Waals surface area contributed by atoms with Gasteiger partial charge in [0.25, 0.3) is 0 Å². The fraction of sp³-hybridized carbons (Fsp3) is 0.0556. The Morgan fingerprint density at radius 2 is 0.786 bits per heavy atom. The highest BCUT2D eigenvalue weighted by atomic mass is 35.5. The molecule has 0 radical (unpaired) electrons. The summed E-state index contributed by atoms with van der Waals surface area (Å²) >= 11 is 26.5. The first kappa shape index (κ1) is 28.5. The molecule has 1 aliphatic rings. The summed E-state index contributed by atoms with van der Waals surface area (Å²) in [4.78, 5) is 4.47. The highest BCUT2D eigenvalue weighted by Gasteiger charge is 2.43. The summed E-state index contributed by atoms with van der Waals surface area (Å²) < 4.78 is 0. The lowest BCUT2D eigenvalue weighted by atomic mass is 9.87. The number of benzene rings is 5. The Hall–Kier alpha value is -3.66. The van der Waals surface area contributed by atoms with Gasteiger partial charge in [-0.3, -0.25) is 0 Å². The summed E-state index contributed by atoms with van der Waals surface area (Å²) in [6.45, 7) is 0. The van der Waals surface area contributed by atoms with E-state index >= 15 is 0 Å². The maximum atomic E-state index is 6.63. The number of para-hydroxylation sites is 2. The van der Waals surface area contributed by atoms with Gasteiger partial charge in [0.1, 0.15) is 0 Å². The van der Waals surface area contributed by atoms with Gasteiger partial charge in [0.05, 0.1) is 0 Å². The Balaban J connectivity index is 1.67. The van der Waals surface area contributed by atoms with Crippen LogP contribution in [0.25, 0.3) is 0 Å². The third-order valence-corrected chi connectivity index (χ3v) is 8.11. The van der Waals surface area contributed by atoms with Crippen molar-refractivity contribution in [2.24, 2.45) is 0 Å². The second kappa shape index (κ2) is 12.3. The molecule has 0 N–H and O–H groups in total. The van der Waals surface area contributed by atoms with Crippen LogP contribution in [-0.4, -0.2) is 5.66 Å². The van der Waals surface area contributed by atoms with E-state index in [0.29, 0.717) is 20.1 Å². The molecule has 2 nitrogen and oxygen atoms in total. The Morgan fingerprint density at radius 3 is 1.17 bits per heavy atom. The second-order valence-electron chi connectivity index (χ2n) is 10.0. The molecule has 6 rings (SSSR count). The standard InChI is InChI=1S/C36H26Cl4N2/c37-28-20-29(38)23-34(22-28)41(32-12-6-2-7-13-32)36(18-16-27(17-19-36)26-10-4-1-5-11-26)42(33-14-8-3-9-15-33)35-24-30(39)21-31(40)25-35/h1-25,27H. The molecule has 0 atom stereocenters. The number of hydrogen-bond donors (Lipinski definition) is 0. The van der Waals surface area contributed by atoms with Crippen LogP contribution in [-0.2, 0) is 0 Å². The van der Waals surface area contributed by atoms with Gasteiger partial charge >= 0.3 is 0 Å². The van der Waals surface area contributed by atoms with Crippen molar-refractivity contribution in [3.63, 3.8) is 0 Å². The van der Waals surface area contributed by atoms with Crippen LogP contribution in [0.4, 0.5) is 22.7 Å². The molecule has 5 aromatic carbocycles. The number of allylic oxidation sites excluding steroid dienone is 2. The van der Waals surface area contributed by atoms with Crippen LogP contribution >= 0.6 is 46.4 Å². The maximum Gasteiger partial charge on any atom is 0.160 e. The third kappa shape index (κ3) is 5.82. The van der Waals surface area contributed by atoms with Crippen LogP contribution < -0.4 is 9.80 Å². The molecule has 0 saturated carbocycles. The lowest BCUT2D eigenvalue weighted by molar-refractivity contribution is 0.625. The molecule has 0 saturated heterocycles. The van der Waals surface area contributed by atoms with E-state index < -0.39 is 5.66 Å². The van der Waals surface area contributed by atoms with Crippen molar-refractivity contribution >= 4 is 69.2 Å². The van der Waals surface area contributed by atoms with Gasteiger partial charge in [-0.1, -0.05) is 125 Å². The van der Waals surface area contributed by atoms with E-state index in [1.807, 2.05) is 66.7 Å². The van der Waals surface area contributed by atoms with Gasteiger partial charge in [0, 0.05) is 48.8 Å². The predicted molar refractivity (Wildman–Crippen MR) is 180 cm³/mol. The second-order valence-corrected chi connectivity index (χ2v) is 11.8. The minimum Gasteiger partial charge on any atom is -0.311 e. The van der Waals surface area contributed by atoms with Gasteiger partial charge in [0.2, 0.25) is 0 Å². The number of anilines is 4. The van der Waals surface area contributed by atoms with Crippen LogP contribution in [0.15, 0.2) is 152 Å². The molecule has 0 heterocycles. The smallest absolute Gasteiger partial charge is 0.160 e. The minimum atomic E-state index is -0.921. The number of halogens is 4. The van der Waals surface area contributed by atoms with E-state index in [-0.39, 0.29) is 5.92 Å². The van der Waals surface area contributed by atoms with Crippen molar-refractivity contribution in [1.29, 1.82) is 0 Å². The van der Waals surface area contributed by atoms with E-state index in [0.717, 1.165) is 22.7 Å². The average molecular weight is 628 g/mol. The molecule has 0 bridgehead atoms. The summed E-state index contributed by atoms with van der Waals surface area (Å²) in [5.41, 5.74) is 3.80. The predicted octanol–water partition coefficient (Wildman–Crippen LogP) is 11.9. The number of rotatable bonds is 7. The zero-order valence-electron chi connectivity index (χ0n) is 22.4. The summed E-state index contributed by atoms with van der Waals surface area (Å²) in [7, 11) is 0. The van der Waals surface area contributed by atoms with Gasteiger partial charge in [-0.05, 0) is 78.4 Å². The Bertz CT molecular complexity index is 1590. The lowest BCUT2D eigenvalue weighted by Crippen LogP contribution is -2.56. The monoisotopic (exact) mass is 626 g/mol. The molecule has 0 fully saturated rings. The fourth-order valence-electron chi connectivity index (χ4n) is 5.52. The van der Waals surface area contributed by atoms with E-state index in [1.165, 1.54) is 5.56 Å². The molecular formula is C36H26Cl4N2. The average Bonchev–Trinajstić information content (AvgIpc) is 2.98. The Morgan fingerprint density at radius 1 is 0.429 bits per heavy atom. The Kier molecular flexibility index (Phi) is 8.33. The third-order valence-electron chi connectivity index (χ3n) is 7.24. The topological polar surface area (TPSA) is 6.48 Å². The molecule has 0 aromatic heterocycles. The van der Waals surface area contributed by atoms with Crippen molar-refractivity contribution in [3.8, 4) is 0 Å². The van der Waals surface area contributed by atoms with Crippen molar-refractivity contribution in [1.82, 2.24) is 0 Å². The highest BCUT2D eigenvalue weighted by Crippen LogP contribution is 2.47. The zero-order valence-corrected chi connectivity index (χ0v) is 25.4. The lowest BCUT2D eigenvalue weighted by Gasteiger charge is -2.51. The molecule has 0 spiro atoms. The molecule has 5 aromatic rings. The van der Waals surface area contributed by atoms with E-state index in [2.05, 4.69) is 82.6 Å². The molecule has 0 unspecified atom stereocenters. The first-order chi connectivity index (χ1) is 20.4. The zero-order chi connectivity index (χ0) is 29.1. The fourth-order valence-corrected chi connectivity index (χ4v) is 6.55. The number of nitrogens with zero attached hydrogens (tertiary/aromatic N) is 2. The number of hydrogen-bond acceptors (Lipinski definition) is 2. The summed E-state index contributed by atoms with van der Waals surface area (Å²) in [6, 6.07) is 42.1. The van der Waals surface area contributed by atoms with E-state index in [9.17, 15) is 0 Å². The van der Waals surface area contributed by atoms with E-state index in [1.54, 1.807) is 12.1 Å². The van der Waals surface area contributed by atoms with Gasteiger partial charge < -0.3 is 9.80 Å². The van der Waals surface area contributed by atoms with Crippen molar-refractivity contribution in [2.75, 3.05) is 9.80 Å². The molecular weight excluding hydrogens is 602 g/mol. The normalized spacial score (nSPS) is 14.1. The van der Waals surface area contributed by atoms with Crippen molar-refractivity contribution < 1.29 is 0 Å². The molecule has 0 amide bonds. The van der Waals surface area contributed by atoms with Crippen molar-refractivity contribution in [3.05, 3.63) is 177 Å². The summed E-state index contributed by atoms with van der Waals surface area (Å²) in [5.74, 6) is 0.0838. The van der Waals surface area contributed by atoms with Gasteiger partial charge in [0.15, 0.2) is 5.66 Å². The highest BCUT2D eigenvalue weighted by molar-refractivity contribution is 6.35. The molecule has 42 heavy (non-hydrogen) atoms. The van der Waals surface area contributed by atoms with Gasteiger partial charge in [-0.15, -0.1) is 0 Å². The first-order valence-electron chi connectivity index (χ1n) is 13.5. The first-order valence-corrected chi connectivity index (χ1v) is 15.0. The SMILES string of the molecule is Clc1cc(Cl)cc(N(c2ccccc2)C2(N(c3ccccc3)c3cc(Cl)cc(Cl)c3)C=CC(c3ccccc3)C=C2)c1. The van der Waals surface area contributed by atoms with Crippen LogP contribution in [0.5, 0.6) is 0 Å². The van der Waals surface area contributed by atoms with Crippen LogP contribution in [0.3, 0.4) is 0 Å². The quantitative estimate of drug-likeness (QED) is 0.131. The van der Waals surface area contributed by atoms with Gasteiger partial charge in [-0.25, -0.2) is 0 Å². The minimum absolute atomic E-state index is 0.0838. The van der Waals surface area contributed by atoms with Crippen molar-refractivity contribution in [2.45, 2.75) is 11.6 Å². The maximum absolute atomic E-state index is 6.63. The largest absolute Gasteiger partial charge is 0.311 e. The summed E-state index contributed by atoms with van der Waals surface area (Å²) in [5, 5.41) is 2.15. The summed E-state index contributed by atoms with van der Waals surface area (Å²) in [6.07, 6.45) is 8.93. The molecule has 208 valence electrons. The molecule has 0 aliphatic heterocycles. The van der Waals surface area contributed by atoms with Crippen LogP contribution in [0.1, 0.15) is 11.5 Å². The van der Waals surface area contributed by atoms with E-state index in [4.69, 9.17) is 46.4 Å². The molecule has 6 heteroatoms.